The second-order valence-electron chi connectivity index (χ2n) is 5.02. The molecule has 0 bridgehead atoms. The summed E-state index contributed by atoms with van der Waals surface area (Å²) in [6.45, 7) is 0.370. The molecule has 1 unspecified atom stereocenters. The lowest BCUT2D eigenvalue weighted by Gasteiger charge is -2.17. The van der Waals surface area contributed by atoms with E-state index in [1.807, 2.05) is 42.6 Å². The van der Waals surface area contributed by atoms with Gasteiger partial charge in [0.15, 0.2) is 0 Å². The van der Waals surface area contributed by atoms with Crippen LogP contribution >= 0.6 is 0 Å². The van der Waals surface area contributed by atoms with Crippen molar-refractivity contribution in [1.29, 1.82) is 0 Å². The van der Waals surface area contributed by atoms with E-state index in [1.165, 1.54) is 0 Å². The number of benzene rings is 1. The number of amides is 1. The van der Waals surface area contributed by atoms with Gasteiger partial charge in [0.2, 0.25) is 0 Å². The number of methoxy groups -OCH3 is 1. The minimum atomic E-state index is -0.277. The van der Waals surface area contributed by atoms with Crippen LogP contribution in [0.2, 0.25) is 0 Å². The van der Waals surface area contributed by atoms with E-state index in [0.717, 1.165) is 16.6 Å². The Balaban J connectivity index is 1.81. The highest BCUT2D eigenvalue weighted by Crippen LogP contribution is 2.16. The number of ether oxygens (including phenoxy) is 1. The lowest BCUT2D eigenvalue weighted by Crippen LogP contribution is -2.31. The van der Waals surface area contributed by atoms with E-state index < -0.39 is 0 Å². The van der Waals surface area contributed by atoms with E-state index in [-0.39, 0.29) is 11.9 Å². The third-order valence-electron chi connectivity index (χ3n) is 3.50. The Bertz CT molecular complexity index is 768. The highest BCUT2D eigenvalue weighted by molar-refractivity contribution is 5.98. The molecule has 0 radical (unpaired) electrons. The maximum atomic E-state index is 12.5. The first-order valence-electron chi connectivity index (χ1n) is 7.06. The molecule has 5 heteroatoms. The highest BCUT2D eigenvalue weighted by atomic mass is 16.5. The van der Waals surface area contributed by atoms with Crippen molar-refractivity contribution < 1.29 is 9.53 Å². The van der Waals surface area contributed by atoms with Crippen molar-refractivity contribution in [1.82, 2.24) is 15.3 Å². The first kappa shape index (κ1) is 14.3. The van der Waals surface area contributed by atoms with Crippen molar-refractivity contribution in [2.24, 2.45) is 0 Å². The van der Waals surface area contributed by atoms with E-state index in [4.69, 9.17) is 4.74 Å². The summed E-state index contributed by atoms with van der Waals surface area (Å²) < 4.78 is 5.19. The molecular weight excluding hydrogens is 278 g/mol. The van der Waals surface area contributed by atoms with Crippen LogP contribution in [-0.4, -0.2) is 29.6 Å². The SMILES string of the molecule is COCC(NC(=O)c1ccc2[nH]ccc2c1)c1ccccn1. The van der Waals surface area contributed by atoms with Gasteiger partial charge in [0.1, 0.15) is 0 Å². The summed E-state index contributed by atoms with van der Waals surface area (Å²) in [4.78, 5) is 19.9. The number of aromatic amines is 1. The van der Waals surface area contributed by atoms with Crippen molar-refractivity contribution >= 4 is 16.8 Å². The molecule has 112 valence electrons. The number of hydrogen-bond donors (Lipinski definition) is 2. The Morgan fingerprint density at radius 2 is 2.23 bits per heavy atom. The Labute approximate surface area is 128 Å². The second-order valence-corrected chi connectivity index (χ2v) is 5.02. The number of fused-ring (bicyclic) bond motifs is 1. The number of carbonyl (C=O) groups excluding carboxylic acids is 1. The number of nitrogens with one attached hydrogen (secondary N) is 2. The van der Waals surface area contributed by atoms with E-state index in [1.54, 1.807) is 19.4 Å². The second kappa shape index (κ2) is 6.41. The summed E-state index contributed by atoms with van der Waals surface area (Å²) >= 11 is 0. The molecule has 5 nitrogen and oxygen atoms in total. The van der Waals surface area contributed by atoms with Gasteiger partial charge in [-0.15, -0.1) is 0 Å². The van der Waals surface area contributed by atoms with Gasteiger partial charge < -0.3 is 15.0 Å². The molecule has 2 aromatic heterocycles. The molecular formula is C17H17N3O2. The van der Waals surface area contributed by atoms with Gasteiger partial charge in [-0.1, -0.05) is 6.07 Å². The molecule has 0 spiro atoms. The Kier molecular flexibility index (Phi) is 4.16. The Hall–Kier alpha value is -2.66. The first-order chi connectivity index (χ1) is 10.8. The largest absolute Gasteiger partial charge is 0.382 e. The van der Waals surface area contributed by atoms with Crippen LogP contribution in [0.5, 0.6) is 0 Å². The molecule has 0 aliphatic rings. The number of carbonyl (C=O) groups is 1. The van der Waals surface area contributed by atoms with E-state index in [0.29, 0.717) is 12.2 Å². The maximum Gasteiger partial charge on any atom is 0.251 e. The van der Waals surface area contributed by atoms with Crippen LogP contribution in [0.25, 0.3) is 10.9 Å². The fourth-order valence-electron chi connectivity index (χ4n) is 2.39. The zero-order chi connectivity index (χ0) is 15.4. The van der Waals surface area contributed by atoms with Crippen LogP contribution in [0.1, 0.15) is 22.1 Å². The van der Waals surface area contributed by atoms with Crippen LogP contribution in [0.3, 0.4) is 0 Å². The smallest absolute Gasteiger partial charge is 0.251 e. The number of pyridine rings is 1. The molecule has 0 aliphatic carbocycles. The van der Waals surface area contributed by atoms with E-state index in [9.17, 15) is 4.79 Å². The van der Waals surface area contributed by atoms with Crippen LogP contribution in [0.4, 0.5) is 0 Å². The average Bonchev–Trinajstić information content (AvgIpc) is 3.02. The molecule has 0 fully saturated rings. The quantitative estimate of drug-likeness (QED) is 0.760. The Morgan fingerprint density at radius 3 is 3.00 bits per heavy atom. The number of hydrogen-bond acceptors (Lipinski definition) is 3. The number of rotatable bonds is 5. The van der Waals surface area contributed by atoms with Crippen molar-refractivity contribution in [2.75, 3.05) is 13.7 Å². The van der Waals surface area contributed by atoms with Crippen LogP contribution < -0.4 is 5.32 Å². The fraction of sp³-hybridized carbons (Fsp3) is 0.176. The van der Waals surface area contributed by atoms with Gasteiger partial charge in [0.25, 0.3) is 5.91 Å². The van der Waals surface area contributed by atoms with Gasteiger partial charge in [-0.3, -0.25) is 9.78 Å². The minimum Gasteiger partial charge on any atom is -0.382 e. The number of aromatic nitrogens is 2. The number of H-pyrrole nitrogens is 1. The van der Waals surface area contributed by atoms with Crippen molar-refractivity contribution in [3.63, 3.8) is 0 Å². The molecule has 1 aromatic carbocycles. The fourth-order valence-corrected chi connectivity index (χ4v) is 2.39. The van der Waals surface area contributed by atoms with Crippen molar-refractivity contribution in [2.45, 2.75) is 6.04 Å². The van der Waals surface area contributed by atoms with Gasteiger partial charge in [0.05, 0.1) is 18.3 Å². The van der Waals surface area contributed by atoms with Gasteiger partial charge in [0, 0.05) is 36.0 Å². The third kappa shape index (κ3) is 2.99. The molecule has 1 atom stereocenters. The zero-order valence-corrected chi connectivity index (χ0v) is 12.2. The normalized spacial score (nSPS) is 12.2. The van der Waals surface area contributed by atoms with E-state index in [2.05, 4.69) is 15.3 Å². The maximum absolute atomic E-state index is 12.5. The van der Waals surface area contributed by atoms with Crippen LogP contribution in [0, 0.1) is 0 Å². The van der Waals surface area contributed by atoms with Gasteiger partial charge in [-0.05, 0) is 36.4 Å². The molecule has 2 heterocycles. The zero-order valence-electron chi connectivity index (χ0n) is 12.2. The summed E-state index contributed by atoms with van der Waals surface area (Å²) in [5.74, 6) is -0.143. The van der Waals surface area contributed by atoms with Crippen LogP contribution in [-0.2, 0) is 4.74 Å². The summed E-state index contributed by atoms with van der Waals surface area (Å²) in [6, 6.07) is 12.8. The molecule has 22 heavy (non-hydrogen) atoms. The lowest BCUT2D eigenvalue weighted by atomic mass is 10.1. The summed E-state index contributed by atoms with van der Waals surface area (Å²) in [6.07, 6.45) is 3.56. The summed E-state index contributed by atoms with van der Waals surface area (Å²) in [5.41, 5.74) is 2.40. The minimum absolute atomic E-state index is 0.143. The third-order valence-corrected chi connectivity index (χ3v) is 3.50. The molecule has 1 amide bonds. The van der Waals surface area contributed by atoms with Gasteiger partial charge in [-0.25, -0.2) is 0 Å². The molecule has 0 aliphatic heterocycles. The standard InChI is InChI=1S/C17H17N3O2/c1-22-11-16(15-4-2-3-8-18-15)20-17(21)13-5-6-14-12(10-13)7-9-19-14/h2-10,16,19H,11H2,1H3,(H,20,21). The number of nitrogens with zero attached hydrogens (tertiary/aromatic N) is 1. The monoisotopic (exact) mass is 295 g/mol. The molecule has 3 aromatic rings. The summed E-state index contributed by atoms with van der Waals surface area (Å²) in [5, 5.41) is 3.98. The first-order valence-corrected chi connectivity index (χ1v) is 7.06. The van der Waals surface area contributed by atoms with Crippen molar-refractivity contribution in [3.05, 3.63) is 66.1 Å². The average molecular weight is 295 g/mol. The molecule has 0 saturated heterocycles. The van der Waals surface area contributed by atoms with E-state index >= 15 is 0 Å². The predicted octanol–water partition coefficient (Wildman–Crippen LogP) is 2.68. The van der Waals surface area contributed by atoms with Gasteiger partial charge in [-0.2, -0.15) is 0 Å². The van der Waals surface area contributed by atoms with Crippen LogP contribution in [0.15, 0.2) is 54.9 Å². The summed E-state index contributed by atoms with van der Waals surface area (Å²) in [7, 11) is 1.61. The molecule has 3 rings (SSSR count). The predicted molar refractivity (Wildman–Crippen MR) is 84.6 cm³/mol. The Morgan fingerprint density at radius 1 is 1.32 bits per heavy atom. The highest BCUT2D eigenvalue weighted by Gasteiger charge is 2.17. The lowest BCUT2D eigenvalue weighted by molar-refractivity contribution is 0.0894. The topological polar surface area (TPSA) is 67.0 Å². The molecule has 2 N–H and O–H groups in total. The molecule has 0 saturated carbocycles. The van der Waals surface area contributed by atoms with Gasteiger partial charge >= 0.3 is 0 Å². The van der Waals surface area contributed by atoms with Crippen molar-refractivity contribution in [3.8, 4) is 0 Å².